The van der Waals surface area contributed by atoms with Gasteiger partial charge in [-0.2, -0.15) is 0 Å². The Morgan fingerprint density at radius 3 is 1.57 bits per heavy atom. The third-order valence-electron chi connectivity index (χ3n) is 4.76. The van der Waals surface area contributed by atoms with Gasteiger partial charge in [0.15, 0.2) is 0 Å². The first-order valence-electron chi connectivity index (χ1n) is 9.66. The molecule has 1 heterocycles. The zero-order chi connectivity index (χ0) is 17.2. The van der Waals surface area contributed by atoms with Crippen molar-refractivity contribution in [3.05, 3.63) is 11.1 Å². The summed E-state index contributed by atoms with van der Waals surface area (Å²) in [5.41, 5.74) is 0. The summed E-state index contributed by atoms with van der Waals surface area (Å²) in [6.07, 6.45) is 2.55. The number of rotatable bonds is 10. The van der Waals surface area contributed by atoms with Gasteiger partial charge in [-0.25, -0.2) is 0 Å². The van der Waals surface area contributed by atoms with Gasteiger partial charge in [-0.15, -0.1) is 0 Å². The fourth-order valence-corrected chi connectivity index (χ4v) is 6.08. The molecule has 0 aliphatic carbocycles. The van der Waals surface area contributed by atoms with Crippen LogP contribution in [0.5, 0.6) is 0 Å². The minimum atomic E-state index is -0.915. The van der Waals surface area contributed by atoms with E-state index in [4.69, 9.17) is 4.43 Å². The lowest BCUT2D eigenvalue weighted by atomic mass is 10.3. The highest BCUT2D eigenvalue weighted by molar-refractivity contribution is 6.60. The number of hydrogen-bond donors (Lipinski definition) is 0. The van der Waals surface area contributed by atoms with E-state index in [1.165, 1.54) is 30.0 Å². The summed E-state index contributed by atoms with van der Waals surface area (Å²) in [5.74, 6) is 1.44. The first-order valence-corrected chi connectivity index (χ1v) is 11.3. The van der Waals surface area contributed by atoms with E-state index in [2.05, 4.69) is 56.2 Å². The van der Waals surface area contributed by atoms with Crippen LogP contribution in [0.25, 0.3) is 0 Å². The zero-order valence-electron chi connectivity index (χ0n) is 16.3. The minimum Gasteiger partial charge on any atom is -0.410 e. The van der Waals surface area contributed by atoms with Gasteiger partial charge in [0.1, 0.15) is 5.82 Å². The summed E-state index contributed by atoms with van der Waals surface area (Å²) in [7, 11) is -0.915. The van der Waals surface area contributed by atoms with Crippen LogP contribution in [0.3, 0.4) is 0 Å². The number of hydrogen-bond acceptors (Lipinski definition) is 4. The van der Waals surface area contributed by atoms with Crippen molar-refractivity contribution in [2.24, 2.45) is 0 Å². The second-order valence-electron chi connectivity index (χ2n) is 5.92. The largest absolute Gasteiger partial charge is 0.410 e. The molecule has 1 aliphatic rings. The predicted molar refractivity (Wildman–Crippen MR) is 102 cm³/mol. The van der Waals surface area contributed by atoms with E-state index >= 15 is 0 Å². The molecule has 1 radical (unpaired) electrons. The average Bonchev–Trinajstić information content (AvgIpc) is 2.61. The molecule has 23 heavy (non-hydrogen) atoms. The third-order valence-corrected chi connectivity index (χ3v) is 7.18. The molecule has 0 atom stereocenters. The van der Waals surface area contributed by atoms with E-state index < -0.39 is 9.04 Å². The molecule has 0 aromatic rings. The first kappa shape index (κ1) is 20.4. The molecule has 0 aromatic heterocycles. The summed E-state index contributed by atoms with van der Waals surface area (Å²) in [6.45, 7) is 20.9. The van der Waals surface area contributed by atoms with Crippen LogP contribution in [0.4, 0.5) is 0 Å². The van der Waals surface area contributed by atoms with Crippen molar-refractivity contribution in [2.45, 2.75) is 60.4 Å². The summed E-state index contributed by atoms with van der Waals surface area (Å²) >= 11 is 0. The van der Waals surface area contributed by atoms with Crippen molar-refractivity contribution in [3.8, 4) is 0 Å². The Bertz CT molecular complexity index is 330. The maximum absolute atomic E-state index is 6.33. The van der Waals surface area contributed by atoms with Crippen LogP contribution < -0.4 is 0 Å². The van der Waals surface area contributed by atoms with E-state index in [0.717, 1.165) is 45.9 Å². The van der Waals surface area contributed by atoms with Crippen LogP contribution in [0, 0.1) is 0 Å². The van der Waals surface area contributed by atoms with Gasteiger partial charge in [0.25, 0.3) is 9.04 Å². The fraction of sp³-hybridized carbons (Fsp3) is 0.889. The zero-order valence-corrected chi connectivity index (χ0v) is 17.3. The van der Waals surface area contributed by atoms with Gasteiger partial charge in [0.05, 0.1) is 5.32 Å². The Morgan fingerprint density at radius 1 is 0.739 bits per heavy atom. The highest BCUT2D eigenvalue weighted by Crippen LogP contribution is 2.26. The third kappa shape index (κ3) is 5.15. The monoisotopic (exact) mass is 340 g/mol. The molecule has 4 nitrogen and oxygen atoms in total. The van der Waals surface area contributed by atoms with Gasteiger partial charge >= 0.3 is 0 Å². The van der Waals surface area contributed by atoms with Crippen molar-refractivity contribution in [2.75, 3.05) is 45.9 Å². The average molecular weight is 341 g/mol. The summed E-state index contributed by atoms with van der Waals surface area (Å²) in [4.78, 5) is 7.64. The molecule has 0 aromatic carbocycles. The Kier molecular flexibility index (Phi) is 9.71. The molecule has 1 fully saturated rings. The summed E-state index contributed by atoms with van der Waals surface area (Å²) in [6, 6.07) is 1.25. The van der Waals surface area contributed by atoms with Gasteiger partial charge in [-0.05, 0) is 54.0 Å². The Hall–Kier alpha value is -0.683. The van der Waals surface area contributed by atoms with Crippen LogP contribution >= 0.6 is 0 Å². The molecule has 0 N–H and O–H groups in total. The Labute approximate surface area is 146 Å². The Balaban J connectivity index is 3.41. The Morgan fingerprint density at radius 2 is 1.22 bits per heavy atom. The van der Waals surface area contributed by atoms with Gasteiger partial charge in [0, 0.05) is 45.9 Å². The lowest BCUT2D eigenvalue weighted by molar-refractivity contribution is 0.209. The topological polar surface area (TPSA) is 19.0 Å². The molecule has 1 saturated heterocycles. The normalized spacial score (nSPS) is 15.4. The van der Waals surface area contributed by atoms with Gasteiger partial charge < -0.3 is 19.1 Å². The molecular weight excluding hydrogens is 302 g/mol. The SMILES string of the molecule is CCN(CC)C(=C(N(CC)CC)[Si]1CCCCO1)N(CC)CC. The van der Waals surface area contributed by atoms with Crippen molar-refractivity contribution in [1.82, 2.24) is 14.7 Å². The van der Waals surface area contributed by atoms with Crippen LogP contribution in [-0.2, 0) is 4.43 Å². The van der Waals surface area contributed by atoms with Gasteiger partial charge in [-0.1, -0.05) is 6.42 Å². The fourth-order valence-electron chi connectivity index (χ4n) is 3.37. The van der Waals surface area contributed by atoms with Crippen molar-refractivity contribution in [3.63, 3.8) is 0 Å². The van der Waals surface area contributed by atoms with E-state index in [1.54, 1.807) is 0 Å². The van der Waals surface area contributed by atoms with Gasteiger partial charge in [0.2, 0.25) is 0 Å². The minimum absolute atomic E-state index is 0.915. The van der Waals surface area contributed by atoms with Crippen LogP contribution in [0.1, 0.15) is 54.4 Å². The second-order valence-corrected chi connectivity index (χ2v) is 8.03. The predicted octanol–water partition coefficient (Wildman–Crippen LogP) is 3.52. The molecule has 0 bridgehead atoms. The standard InChI is InChI=1S/C18H38N3OSi/c1-7-19(8-2)17(20(9-3)10-4)18(21(11-5)12-6)23-16-14-13-15-22-23/h7-16H2,1-6H3. The molecule has 135 valence electrons. The van der Waals surface area contributed by atoms with E-state index in [9.17, 15) is 0 Å². The molecule has 0 unspecified atom stereocenters. The molecule has 5 heteroatoms. The molecule has 0 spiro atoms. The van der Waals surface area contributed by atoms with Crippen LogP contribution in [0.2, 0.25) is 6.04 Å². The second kappa shape index (κ2) is 11.0. The summed E-state index contributed by atoms with van der Waals surface area (Å²) in [5, 5.41) is 1.52. The quantitative estimate of drug-likeness (QED) is 0.566. The maximum Gasteiger partial charge on any atom is 0.268 e. The lowest BCUT2D eigenvalue weighted by Crippen LogP contribution is -2.45. The molecule has 0 amide bonds. The van der Waals surface area contributed by atoms with Crippen molar-refractivity contribution < 1.29 is 4.43 Å². The lowest BCUT2D eigenvalue weighted by Gasteiger charge is -2.41. The number of nitrogens with zero attached hydrogens (tertiary/aromatic N) is 3. The molecule has 0 saturated carbocycles. The van der Waals surface area contributed by atoms with Crippen LogP contribution in [0.15, 0.2) is 11.1 Å². The van der Waals surface area contributed by atoms with Crippen molar-refractivity contribution in [1.29, 1.82) is 0 Å². The van der Waals surface area contributed by atoms with Gasteiger partial charge in [-0.3, -0.25) is 0 Å². The highest BCUT2D eigenvalue weighted by Gasteiger charge is 2.32. The van der Waals surface area contributed by atoms with Crippen molar-refractivity contribution >= 4 is 9.04 Å². The van der Waals surface area contributed by atoms with E-state index in [-0.39, 0.29) is 0 Å². The molecule has 1 rings (SSSR count). The maximum atomic E-state index is 6.33. The highest BCUT2D eigenvalue weighted by atomic mass is 28.3. The first-order chi connectivity index (χ1) is 11.2. The smallest absolute Gasteiger partial charge is 0.268 e. The van der Waals surface area contributed by atoms with E-state index in [1.807, 2.05) is 0 Å². The molecule has 1 aliphatic heterocycles. The summed E-state index contributed by atoms with van der Waals surface area (Å²) < 4.78 is 6.33. The van der Waals surface area contributed by atoms with Crippen LogP contribution in [-0.4, -0.2) is 69.6 Å². The molecular formula is C18H38N3OSi. The van der Waals surface area contributed by atoms with E-state index in [0.29, 0.717) is 0 Å².